The highest BCUT2D eigenvalue weighted by atomic mass is 32.2. The zero-order valence-electron chi connectivity index (χ0n) is 8.44. The van der Waals surface area contributed by atoms with Crippen LogP contribution in [-0.4, -0.2) is 16.6 Å². The van der Waals surface area contributed by atoms with Gasteiger partial charge in [-0.15, -0.1) is 0 Å². The average molecular weight is 219 g/mol. The summed E-state index contributed by atoms with van der Waals surface area (Å²) in [6, 6.07) is 9.43. The van der Waals surface area contributed by atoms with Crippen molar-refractivity contribution in [2.45, 2.75) is 18.4 Å². The maximum atomic E-state index is 10.4. The van der Waals surface area contributed by atoms with Crippen LogP contribution < -0.4 is 0 Å². The van der Waals surface area contributed by atoms with E-state index in [1.54, 1.807) is 12.1 Å². The lowest BCUT2D eigenvalue weighted by atomic mass is 9.87. The number of hydrogen-bond acceptors (Lipinski definition) is 3. The van der Waals surface area contributed by atoms with E-state index in [1.165, 1.54) is 0 Å². The van der Waals surface area contributed by atoms with E-state index in [4.69, 9.17) is 5.26 Å². The van der Waals surface area contributed by atoms with Gasteiger partial charge < -0.3 is 5.11 Å². The van der Waals surface area contributed by atoms with E-state index in [-0.39, 0.29) is 0 Å². The molecule has 2 nitrogen and oxygen atoms in total. The molecule has 0 unspecified atom stereocenters. The number of thioether (sulfide) groups is 1. The molecule has 1 saturated heterocycles. The van der Waals surface area contributed by atoms with E-state index in [0.717, 1.165) is 29.9 Å². The monoisotopic (exact) mass is 219 g/mol. The fourth-order valence-corrected chi connectivity index (χ4v) is 3.04. The first kappa shape index (κ1) is 10.5. The second-order valence-electron chi connectivity index (χ2n) is 3.84. The first-order valence-corrected chi connectivity index (χ1v) is 6.21. The molecule has 1 aliphatic heterocycles. The lowest BCUT2D eigenvalue weighted by Crippen LogP contribution is -2.30. The number of nitriles is 1. The maximum absolute atomic E-state index is 10.4. The van der Waals surface area contributed by atoms with E-state index in [0.29, 0.717) is 5.56 Å². The van der Waals surface area contributed by atoms with Gasteiger partial charge in [0.25, 0.3) is 0 Å². The Kier molecular flexibility index (Phi) is 2.99. The average Bonchev–Trinajstić information content (AvgIpc) is 2.30. The molecule has 0 spiro atoms. The molecule has 0 radical (unpaired) electrons. The smallest absolute Gasteiger partial charge is 0.0991 e. The van der Waals surface area contributed by atoms with Crippen LogP contribution in [0.3, 0.4) is 0 Å². The minimum Gasteiger partial charge on any atom is -0.385 e. The molecule has 78 valence electrons. The van der Waals surface area contributed by atoms with Crippen LogP contribution in [0.15, 0.2) is 24.3 Å². The third kappa shape index (κ3) is 2.17. The van der Waals surface area contributed by atoms with Gasteiger partial charge in [-0.2, -0.15) is 17.0 Å². The zero-order chi connectivity index (χ0) is 10.7. The van der Waals surface area contributed by atoms with Crippen LogP contribution in [0.2, 0.25) is 0 Å². The molecule has 1 fully saturated rings. The Morgan fingerprint density at radius 1 is 1.33 bits per heavy atom. The molecule has 1 aromatic rings. The van der Waals surface area contributed by atoms with E-state index in [9.17, 15) is 5.11 Å². The Balaban J connectivity index is 2.31. The molecular formula is C12H13NOS. The lowest BCUT2D eigenvalue weighted by molar-refractivity contribution is 0.0280. The van der Waals surface area contributed by atoms with Crippen LogP contribution in [-0.2, 0) is 5.60 Å². The number of nitrogens with zero attached hydrogens (tertiary/aromatic N) is 1. The molecule has 0 amide bonds. The predicted octanol–water partition coefficient (Wildman–Crippen LogP) is 2.27. The van der Waals surface area contributed by atoms with Crippen molar-refractivity contribution in [3.63, 3.8) is 0 Å². The van der Waals surface area contributed by atoms with E-state index < -0.39 is 5.60 Å². The van der Waals surface area contributed by atoms with Gasteiger partial charge in [0.15, 0.2) is 0 Å². The Hall–Kier alpha value is -0.980. The summed E-state index contributed by atoms with van der Waals surface area (Å²) in [5.74, 6) is 1.99. The van der Waals surface area contributed by atoms with Crippen molar-refractivity contribution >= 4 is 11.8 Å². The van der Waals surface area contributed by atoms with Crippen LogP contribution in [0.5, 0.6) is 0 Å². The highest BCUT2D eigenvalue weighted by molar-refractivity contribution is 7.99. The van der Waals surface area contributed by atoms with Crippen LogP contribution in [0.25, 0.3) is 0 Å². The standard InChI is InChI=1S/C12H13NOS/c13-9-10-2-1-3-11(8-10)12(14)4-6-15-7-5-12/h1-3,8,14H,4-7H2. The van der Waals surface area contributed by atoms with E-state index in [1.807, 2.05) is 23.9 Å². The normalized spacial score (nSPS) is 19.5. The zero-order valence-corrected chi connectivity index (χ0v) is 9.26. The lowest BCUT2D eigenvalue weighted by Gasteiger charge is -2.32. The van der Waals surface area contributed by atoms with Gasteiger partial charge in [0.05, 0.1) is 17.2 Å². The Labute approximate surface area is 93.9 Å². The highest BCUT2D eigenvalue weighted by Crippen LogP contribution is 2.35. The molecule has 1 N–H and O–H groups in total. The number of benzene rings is 1. The summed E-state index contributed by atoms with van der Waals surface area (Å²) in [7, 11) is 0. The molecule has 1 aliphatic rings. The molecule has 0 saturated carbocycles. The van der Waals surface area contributed by atoms with Gasteiger partial charge in [-0.25, -0.2) is 0 Å². The van der Waals surface area contributed by atoms with Gasteiger partial charge in [-0.3, -0.25) is 0 Å². The van der Waals surface area contributed by atoms with E-state index in [2.05, 4.69) is 6.07 Å². The molecular weight excluding hydrogens is 206 g/mol. The molecule has 0 atom stereocenters. The largest absolute Gasteiger partial charge is 0.385 e. The fourth-order valence-electron chi connectivity index (χ4n) is 1.88. The third-order valence-electron chi connectivity index (χ3n) is 2.85. The summed E-state index contributed by atoms with van der Waals surface area (Å²) >= 11 is 1.88. The van der Waals surface area contributed by atoms with Crippen molar-refractivity contribution in [1.29, 1.82) is 5.26 Å². The van der Waals surface area contributed by atoms with Crippen molar-refractivity contribution in [1.82, 2.24) is 0 Å². The van der Waals surface area contributed by atoms with Crippen LogP contribution in [0.1, 0.15) is 24.0 Å². The molecule has 3 heteroatoms. The quantitative estimate of drug-likeness (QED) is 0.788. The summed E-state index contributed by atoms with van der Waals surface area (Å²) < 4.78 is 0. The number of hydrogen-bond donors (Lipinski definition) is 1. The number of rotatable bonds is 1. The molecule has 0 aliphatic carbocycles. The minimum atomic E-state index is -0.710. The van der Waals surface area contributed by atoms with Crippen molar-refractivity contribution in [3.05, 3.63) is 35.4 Å². The predicted molar refractivity (Wildman–Crippen MR) is 61.6 cm³/mol. The van der Waals surface area contributed by atoms with Crippen LogP contribution in [0, 0.1) is 11.3 Å². The van der Waals surface area contributed by atoms with E-state index >= 15 is 0 Å². The van der Waals surface area contributed by atoms with Gasteiger partial charge in [0, 0.05) is 0 Å². The fraction of sp³-hybridized carbons (Fsp3) is 0.417. The van der Waals surface area contributed by atoms with Crippen molar-refractivity contribution < 1.29 is 5.11 Å². The maximum Gasteiger partial charge on any atom is 0.0991 e. The molecule has 2 rings (SSSR count). The highest BCUT2D eigenvalue weighted by Gasteiger charge is 2.31. The Bertz CT molecular complexity index is 391. The van der Waals surface area contributed by atoms with Crippen molar-refractivity contribution in [2.24, 2.45) is 0 Å². The second-order valence-corrected chi connectivity index (χ2v) is 5.06. The molecule has 1 heterocycles. The summed E-state index contributed by atoms with van der Waals surface area (Å²) in [6.07, 6.45) is 1.57. The topological polar surface area (TPSA) is 44.0 Å². The van der Waals surface area contributed by atoms with Crippen molar-refractivity contribution in [2.75, 3.05) is 11.5 Å². The Morgan fingerprint density at radius 3 is 2.73 bits per heavy atom. The molecule has 1 aromatic carbocycles. The molecule has 15 heavy (non-hydrogen) atoms. The summed E-state index contributed by atoms with van der Waals surface area (Å²) in [6.45, 7) is 0. The van der Waals surface area contributed by atoms with Gasteiger partial charge in [0.2, 0.25) is 0 Å². The molecule has 0 bridgehead atoms. The van der Waals surface area contributed by atoms with Crippen LogP contribution >= 0.6 is 11.8 Å². The summed E-state index contributed by atoms with van der Waals surface area (Å²) in [5, 5.41) is 19.2. The van der Waals surface area contributed by atoms with Gasteiger partial charge in [-0.05, 0) is 42.0 Å². The van der Waals surface area contributed by atoms with Crippen molar-refractivity contribution in [3.8, 4) is 6.07 Å². The molecule has 0 aromatic heterocycles. The summed E-state index contributed by atoms with van der Waals surface area (Å²) in [5.41, 5.74) is 0.805. The van der Waals surface area contributed by atoms with Crippen LogP contribution in [0.4, 0.5) is 0 Å². The minimum absolute atomic E-state index is 0.624. The first-order valence-electron chi connectivity index (χ1n) is 5.05. The first-order chi connectivity index (χ1) is 7.24. The second kappa shape index (κ2) is 4.26. The summed E-state index contributed by atoms with van der Waals surface area (Å²) in [4.78, 5) is 0. The van der Waals surface area contributed by atoms with Gasteiger partial charge in [-0.1, -0.05) is 12.1 Å². The van der Waals surface area contributed by atoms with Gasteiger partial charge >= 0.3 is 0 Å². The third-order valence-corrected chi connectivity index (χ3v) is 3.83. The Morgan fingerprint density at radius 2 is 2.07 bits per heavy atom. The number of aliphatic hydroxyl groups is 1. The SMILES string of the molecule is N#Cc1cccc(C2(O)CCSCC2)c1. The van der Waals surface area contributed by atoms with Gasteiger partial charge in [0.1, 0.15) is 0 Å².